The molecular formula is C25H27Br4I2OV-. The number of rotatable bonds is 1. The molecule has 0 aliphatic heterocycles. The summed E-state index contributed by atoms with van der Waals surface area (Å²) in [6.07, 6.45) is 2.95. The van der Waals surface area contributed by atoms with Crippen LogP contribution < -0.4 is 0 Å². The van der Waals surface area contributed by atoms with Crippen molar-refractivity contribution >= 4 is 104 Å². The van der Waals surface area contributed by atoms with Gasteiger partial charge in [-0.1, -0.05) is 99.6 Å². The van der Waals surface area contributed by atoms with Crippen molar-refractivity contribution in [3.63, 3.8) is 0 Å². The molecule has 0 aromatic heterocycles. The van der Waals surface area contributed by atoms with Crippen molar-refractivity contribution in [3.05, 3.63) is 109 Å². The Kier molecular flexibility index (Phi) is 21.6. The molecule has 0 spiro atoms. The molecule has 8 heteroatoms. The molecule has 3 aromatic carbocycles. The fourth-order valence-electron chi connectivity index (χ4n) is 2.64. The van der Waals surface area contributed by atoms with Gasteiger partial charge >= 0.3 is 49.4 Å². The van der Waals surface area contributed by atoms with Crippen molar-refractivity contribution in [3.8, 4) is 0 Å². The summed E-state index contributed by atoms with van der Waals surface area (Å²) in [5.74, 6) is 0. The molecule has 0 saturated heterocycles. The van der Waals surface area contributed by atoms with Crippen LogP contribution in [-0.2, 0) is 15.1 Å². The van der Waals surface area contributed by atoms with Gasteiger partial charge < -0.3 is 12.0 Å². The molecule has 0 radical (unpaired) electrons. The Bertz CT molecular complexity index is 846. The molecule has 1 N–H and O–H groups in total. The zero-order chi connectivity index (χ0) is 25.3. The molecule has 0 bridgehead atoms. The Morgan fingerprint density at radius 1 is 0.758 bits per heavy atom. The van der Waals surface area contributed by atoms with E-state index in [9.17, 15) is 5.11 Å². The van der Waals surface area contributed by atoms with E-state index in [1.54, 1.807) is 6.92 Å². The predicted octanol–water partition coefficient (Wildman–Crippen LogP) is 11.4. The van der Waals surface area contributed by atoms with Crippen LogP contribution in [0.1, 0.15) is 37.3 Å². The summed E-state index contributed by atoms with van der Waals surface area (Å²) in [5, 5.41) is 9.98. The van der Waals surface area contributed by atoms with Gasteiger partial charge in [-0.25, -0.2) is 0 Å². The minimum absolute atomic E-state index is 0.524. The van der Waals surface area contributed by atoms with Crippen LogP contribution >= 0.6 is 104 Å². The van der Waals surface area contributed by atoms with Crippen molar-refractivity contribution in [1.29, 1.82) is 0 Å². The second-order valence-electron chi connectivity index (χ2n) is 6.70. The molecule has 0 unspecified atom stereocenters. The molecule has 4 rings (SSSR count). The zero-order valence-electron chi connectivity index (χ0n) is 18.4. The van der Waals surface area contributed by atoms with Crippen molar-refractivity contribution in [2.75, 3.05) is 0 Å². The SMILES string of the molecule is Brc1cccc(Br)c1.Cc1cccc(Br)c1.OC1(c2cccc(Br)c2)CCC1.[CH2-]C.[I][V][I]. The number of aliphatic hydroxyl groups is 1. The first-order chi connectivity index (χ1) is 15.7. The summed E-state index contributed by atoms with van der Waals surface area (Å²) in [6, 6.07) is 24.1. The zero-order valence-corrected chi connectivity index (χ0v) is 30.5. The molecule has 0 heterocycles. The summed E-state index contributed by atoms with van der Waals surface area (Å²) in [7, 11) is 0.628. The summed E-state index contributed by atoms with van der Waals surface area (Å²) >= 11 is 18.2. The van der Waals surface area contributed by atoms with Crippen LogP contribution in [0.2, 0.25) is 0 Å². The molecule has 3 aromatic rings. The van der Waals surface area contributed by atoms with Crippen molar-refractivity contribution in [2.45, 2.75) is 38.7 Å². The Labute approximate surface area is 262 Å². The molecule has 0 atom stereocenters. The molecule has 1 fully saturated rings. The normalized spacial score (nSPS) is 12.4. The van der Waals surface area contributed by atoms with Gasteiger partial charge in [-0.3, -0.25) is 0 Å². The van der Waals surface area contributed by atoms with Crippen molar-refractivity contribution < 1.29 is 14.6 Å². The average Bonchev–Trinajstić information content (AvgIpc) is 2.75. The van der Waals surface area contributed by atoms with Crippen LogP contribution in [0.15, 0.2) is 90.7 Å². The molecule has 1 nitrogen and oxygen atoms in total. The fraction of sp³-hybridized carbons (Fsp3) is 0.240. The summed E-state index contributed by atoms with van der Waals surface area (Å²) in [4.78, 5) is 0. The fourth-order valence-corrected chi connectivity index (χ4v) is 4.66. The molecular weight excluding hydrogens is 941 g/mol. The average molecular weight is 968 g/mol. The van der Waals surface area contributed by atoms with E-state index in [0.29, 0.717) is 9.47 Å². The van der Waals surface area contributed by atoms with E-state index < -0.39 is 5.60 Å². The van der Waals surface area contributed by atoms with Crippen molar-refractivity contribution in [2.24, 2.45) is 0 Å². The standard InChI is InChI=1S/C10H11BrO.C7H7Br.C6H4Br2.C2H5.2HI.V/c11-9-4-1-3-8(7-9)10(12)5-2-6-10;1-6-3-2-4-7(8)5-6;7-5-2-1-3-6(8)4-5;1-2;;;/h1,3-4,7,12H,2,5-6H2;2-5H,1H3;1-4H;1H2,2H3;2*1H;/q;;;-1;;;+2/p-2. The number of aryl methyl sites for hydroxylation is 1. The second kappa shape index (κ2) is 20.6. The van der Waals surface area contributed by atoms with Gasteiger partial charge in [0.05, 0.1) is 5.60 Å². The number of hydrogen-bond donors (Lipinski definition) is 1. The number of hydrogen-bond acceptors (Lipinski definition) is 1. The molecule has 1 aliphatic carbocycles. The van der Waals surface area contributed by atoms with Gasteiger partial charge in [-0.05, 0) is 74.2 Å². The Morgan fingerprint density at radius 3 is 1.42 bits per heavy atom. The van der Waals surface area contributed by atoms with Gasteiger partial charge in [0.2, 0.25) is 0 Å². The Morgan fingerprint density at radius 2 is 1.15 bits per heavy atom. The monoisotopic (exact) mass is 964 g/mol. The van der Waals surface area contributed by atoms with E-state index in [0.717, 1.165) is 42.7 Å². The van der Waals surface area contributed by atoms with E-state index in [1.165, 1.54) is 5.56 Å². The number of halogens is 6. The van der Waals surface area contributed by atoms with Gasteiger partial charge in [-0.2, -0.15) is 6.92 Å². The molecule has 1 saturated carbocycles. The maximum absolute atomic E-state index is 9.98. The topological polar surface area (TPSA) is 20.2 Å². The van der Waals surface area contributed by atoms with Crippen LogP contribution in [-0.4, -0.2) is 5.11 Å². The first kappa shape index (κ1) is 34.6. The van der Waals surface area contributed by atoms with E-state index >= 15 is 0 Å². The molecule has 33 heavy (non-hydrogen) atoms. The third-order valence-electron chi connectivity index (χ3n) is 4.31. The van der Waals surface area contributed by atoms with Crippen LogP contribution in [0.25, 0.3) is 0 Å². The maximum atomic E-state index is 9.98. The van der Waals surface area contributed by atoms with E-state index in [4.69, 9.17) is 0 Å². The van der Waals surface area contributed by atoms with Crippen molar-refractivity contribution in [1.82, 2.24) is 0 Å². The first-order valence-corrected chi connectivity index (χ1v) is 22.1. The van der Waals surface area contributed by atoms with Crippen LogP contribution in [0, 0.1) is 13.8 Å². The third-order valence-corrected chi connectivity index (χ3v) is 6.28. The number of benzene rings is 3. The van der Waals surface area contributed by atoms with Crippen LogP contribution in [0.3, 0.4) is 0 Å². The second-order valence-corrected chi connectivity index (χ2v) is 22.2. The van der Waals surface area contributed by atoms with Gasteiger partial charge in [0.25, 0.3) is 0 Å². The van der Waals surface area contributed by atoms with Crippen LogP contribution in [0.4, 0.5) is 0 Å². The first-order valence-electron chi connectivity index (χ1n) is 9.95. The summed E-state index contributed by atoms with van der Waals surface area (Å²) < 4.78 is 4.40. The predicted molar refractivity (Wildman–Crippen MR) is 172 cm³/mol. The quantitative estimate of drug-likeness (QED) is 0.190. The Hall–Kier alpha value is 1.58. The molecule has 1 aliphatic rings. The van der Waals surface area contributed by atoms with Gasteiger partial charge in [-0.15, -0.1) is 0 Å². The van der Waals surface area contributed by atoms with Gasteiger partial charge in [0.15, 0.2) is 0 Å². The molecule has 181 valence electrons. The minimum atomic E-state index is -0.524. The van der Waals surface area contributed by atoms with E-state index in [2.05, 4.69) is 130 Å². The summed E-state index contributed by atoms with van der Waals surface area (Å²) in [6.45, 7) is 7.07. The van der Waals surface area contributed by atoms with Crippen LogP contribution in [0.5, 0.6) is 0 Å². The third kappa shape index (κ3) is 16.1. The summed E-state index contributed by atoms with van der Waals surface area (Å²) in [5.41, 5.74) is 1.81. The Balaban J connectivity index is 0.000000435. The van der Waals surface area contributed by atoms with E-state index in [-0.39, 0.29) is 0 Å². The van der Waals surface area contributed by atoms with Gasteiger partial charge in [0, 0.05) is 17.9 Å². The van der Waals surface area contributed by atoms with Gasteiger partial charge in [0.1, 0.15) is 0 Å². The van der Waals surface area contributed by atoms with E-state index in [1.807, 2.05) is 60.7 Å². The molecule has 0 amide bonds.